The molecule has 1 aliphatic rings. The third kappa shape index (κ3) is 4.07. The number of carbonyl (C=O) groups is 1. The van der Waals surface area contributed by atoms with E-state index in [1.165, 1.54) is 6.07 Å². The summed E-state index contributed by atoms with van der Waals surface area (Å²) >= 11 is 0. The van der Waals surface area contributed by atoms with Crippen molar-refractivity contribution in [3.63, 3.8) is 0 Å². The second-order valence-corrected chi connectivity index (χ2v) is 6.47. The Kier molecular flexibility index (Phi) is 5.32. The van der Waals surface area contributed by atoms with E-state index in [9.17, 15) is 18.0 Å². The van der Waals surface area contributed by atoms with Crippen molar-refractivity contribution in [1.29, 1.82) is 0 Å². The van der Waals surface area contributed by atoms with Crippen molar-refractivity contribution in [3.8, 4) is 11.1 Å². The Balaban J connectivity index is 1.77. The first-order valence-corrected chi connectivity index (χ1v) is 8.69. The molecule has 1 amide bonds. The Morgan fingerprint density at radius 2 is 1.88 bits per heavy atom. The standard InChI is InChI=1S/C20H21F3N2O/c1-2-18-13-25(11-10-24-18)19(26)15-8-6-14(7-9-15)16-4-3-5-17(12-16)20(21,22)23/h3-9,12,18,24H,2,10-11,13H2,1H3/t18-/m1/s1. The van der Waals surface area contributed by atoms with Crippen LogP contribution in [0.4, 0.5) is 13.2 Å². The van der Waals surface area contributed by atoms with Crippen molar-refractivity contribution in [3.05, 3.63) is 59.7 Å². The summed E-state index contributed by atoms with van der Waals surface area (Å²) in [5, 5.41) is 3.37. The lowest BCUT2D eigenvalue weighted by Gasteiger charge is -2.33. The quantitative estimate of drug-likeness (QED) is 0.888. The number of amides is 1. The normalized spacial score (nSPS) is 18.0. The van der Waals surface area contributed by atoms with Crippen LogP contribution in [0.25, 0.3) is 11.1 Å². The zero-order valence-electron chi connectivity index (χ0n) is 14.5. The van der Waals surface area contributed by atoms with Gasteiger partial charge in [-0.15, -0.1) is 0 Å². The summed E-state index contributed by atoms with van der Waals surface area (Å²) in [6, 6.07) is 12.3. The molecule has 138 valence electrons. The predicted octanol–water partition coefficient (Wildman–Crippen LogP) is 4.20. The van der Waals surface area contributed by atoms with Crippen LogP contribution in [0.5, 0.6) is 0 Å². The van der Waals surface area contributed by atoms with E-state index < -0.39 is 11.7 Å². The fourth-order valence-electron chi connectivity index (χ4n) is 3.15. The van der Waals surface area contributed by atoms with Crippen molar-refractivity contribution < 1.29 is 18.0 Å². The molecule has 0 bridgehead atoms. The fourth-order valence-corrected chi connectivity index (χ4v) is 3.15. The zero-order chi connectivity index (χ0) is 18.7. The van der Waals surface area contributed by atoms with E-state index in [0.717, 1.165) is 25.1 Å². The molecule has 0 radical (unpaired) electrons. The van der Waals surface area contributed by atoms with Gasteiger partial charge in [0.2, 0.25) is 0 Å². The van der Waals surface area contributed by atoms with E-state index in [1.54, 1.807) is 30.3 Å². The molecule has 26 heavy (non-hydrogen) atoms. The molecule has 3 rings (SSSR count). The summed E-state index contributed by atoms with van der Waals surface area (Å²) in [6.07, 6.45) is -3.41. The number of rotatable bonds is 3. The van der Waals surface area contributed by atoms with Crippen LogP contribution in [0, 0.1) is 0 Å². The molecule has 0 aromatic heterocycles. The van der Waals surface area contributed by atoms with Gasteiger partial charge in [0, 0.05) is 31.2 Å². The molecule has 0 saturated carbocycles. The summed E-state index contributed by atoms with van der Waals surface area (Å²) in [7, 11) is 0. The molecule has 1 fully saturated rings. The van der Waals surface area contributed by atoms with E-state index in [-0.39, 0.29) is 5.91 Å². The van der Waals surface area contributed by atoms with Gasteiger partial charge in [0.1, 0.15) is 0 Å². The number of halogens is 3. The minimum absolute atomic E-state index is 0.0412. The van der Waals surface area contributed by atoms with Crippen LogP contribution in [0.2, 0.25) is 0 Å². The Morgan fingerprint density at radius 3 is 2.54 bits per heavy atom. The highest BCUT2D eigenvalue weighted by atomic mass is 19.4. The molecule has 1 saturated heterocycles. The maximum Gasteiger partial charge on any atom is 0.416 e. The molecular weight excluding hydrogens is 341 g/mol. The molecular formula is C20H21F3N2O. The smallest absolute Gasteiger partial charge is 0.336 e. The van der Waals surface area contributed by atoms with Crippen LogP contribution in [0.3, 0.4) is 0 Å². The average molecular weight is 362 g/mol. The Bertz CT molecular complexity index is 771. The van der Waals surface area contributed by atoms with Crippen LogP contribution >= 0.6 is 0 Å². The highest BCUT2D eigenvalue weighted by molar-refractivity contribution is 5.94. The first-order chi connectivity index (χ1) is 12.4. The predicted molar refractivity (Wildman–Crippen MR) is 94.9 cm³/mol. The summed E-state index contributed by atoms with van der Waals surface area (Å²) in [5.74, 6) is -0.0412. The van der Waals surface area contributed by atoms with Gasteiger partial charge in [-0.3, -0.25) is 4.79 Å². The summed E-state index contributed by atoms with van der Waals surface area (Å²) in [6.45, 7) is 4.18. The molecule has 3 nitrogen and oxygen atoms in total. The lowest BCUT2D eigenvalue weighted by atomic mass is 10.0. The lowest BCUT2D eigenvalue weighted by Crippen LogP contribution is -2.52. The minimum atomic E-state index is -4.37. The highest BCUT2D eigenvalue weighted by Gasteiger charge is 2.30. The van der Waals surface area contributed by atoms with E-state index in [1.807, 2.05) is 4.90 Å². The van der Waals surface area contributed by atoms with Crippen molar-refractivity contribution in [2.75, 3.05) is 19.6 Å². The van der Waals surface area contributed by atoms with Gasteiger partial charge in [-0.1, -0.05) is 31.2 Å². The molecule has 6 heteroatoms. The van der Waals surface area contributed by atoms with Crippen molar-refractivity contribution in [1.82, 2.24) is 10.2 Å². The van der Waals surface area contributed by atoms with Crippen LogP contribution < -0.4 is 5.32 Å². The number of nitrogens with one attached hydrogen (secondary N) is 1. The summed E-state index contributed by atoms with van der Waals surface area (Å²) in [4.78, 5) is 14.5. The van der Waals surface area contributed by atoms with Gasteiger partial charge in [0.15, 0.2) is 0 Å². The Morgan fingerprint density at radius 1 is 1.15 bits per heavy atom. The first kappa shape index (κ1) is 18.5. The summed E-state index contributed by atoms with van der Waals surface area (Å²) < 4.78 is 38.6. The van der Waals surface area contributed by atoms with E-state index in [2.05, 4.69) is 12.2 Å². The maximum absolute atomic E-state index is 12.9. The Labute approximate surface area is 150 Å². The fraction of sp³-hybridized carbons (Fsp3) is 0.350. The second-order valence-electron chi connectivity index (χ2n) is 6.47. The van der Waals surface area contributed by atoms with Crippen LogP contribution in [0.15, 0.2) is 48.5 Å². The average Bonchev–Trinajstić information content (AvgIpc) is 2.67. The van der Waals surface area contributed by atoms with Crippen LogP contribution in [-0.4, -0.2) is 36.5 Å². The van der Waals surface area contributed by atoms with Crippen LogP contribution in [-0.2, 0) is 6.18 Å². The van der Waals surface area contributed by atoms with E-state index in [4.69, 9.17) is 0 Å². The molecule has 0 aliphatic carbocycles. The number of carbonyl (C=O) groups excluding carboxylic acids is 1. The van der Waals surface area contributed by atoms with Gasteiger partial charge in [0.05, 0.1) is 5.56 Å². The summed E-state index contributed by atoms with van der Waals surface area (Å²) in [5.41, 5.74) is 1.01. The topological polar surface area (TPSA) is 32.3 Å². The monoisotopic (exact) mass is 362 g/mol. The zero-order valence-corrected chi connectivity index (χ0v) is 14.5. The van der Waals surface area contributed by atoms with Gasteiger partial charge in [-0.05, 0) is 41.8 Å². The second kappa shape index (κ2) is 7.50. The van der Waals surface area contributed by atoms with Crippen molar-refractivity contribution in [2.45, 2.75) is 25.6 Å². The van der Waals surface area contributed by atoms with Crippen molar-refractivity contribution in [2.24, 2.45) is 0 Å². The molecule has 2 aromatic rings. The van der Waals surface area contributed by atoms with E-state index in [0.29, 0.717) is 35.8 Å². The number of nitrogens with zero attached hydrogens (tertiary/aromatic N) is 1. The van der Waals surface area contributed by atoms with Gasteiger partial charge >= 0.3 is 6.18 Å². The largest absolute Gasteiger partial charge is 0.416 e. The van der Waals surface area contributed by atoms with Gasteiger partial charge in [-0.25, -0.2) is 0 Å². The van der Waals surface area contributed by atoms with Crippen LogP contribution in [0.1, 0.15) is 29.3 Å². The van der Waals surface area contributed by atoms with Gasteiger partial charge in [0.25, 0.3) is 5.91 Å². The SMILES string of the molecule is CC[C@@H]1CN(C(=O)c2ccc(-c3cccc(C(F)(F)F)c3)cc2)CCN1. The molecule has 1 aliphatic heterocycles. The molecule has 1 heterocycles. The van der Waals surface area contributed by atoms with Crippen molar-refractivity contribution >= 4 is 5.91 Å². The lowest BCUT2D eigenvalue weighted by molar-refractivity contribution is -0.137. The number of hydrogen-bond acceptors (Lipinski definition) is 2. The van der Waals surface area contributed by atoms with Gasteiger partial charge in [-0.2, -0.15) is 13.2 Å². The molecule has 1 N–H and O–H groups in total. The number of benzene rings is 2. The van der Waals surface area contributed by atoms with E-state index >= 15 is 0 Å². The van der Waals surface area contributed by atoms with Gasteiger partial charge < -0.3 is 10.2 Å². The number of hydrogen-bond donors (Lipinski definition) is 1. The maximum atomic E-state index is 12.9. The Hall–Kier alpha value is -2.34. The first-order valence-electron chi connectivity index (χ1n) is 8.69. The highest BCUT2D eigenvalue weighted by Crippen LogP contribution is 2.32. The number of piperazine rings is 1. The molecule has 0 unspecified atom stereocenters. The number of alkyl halides is 3. The third-order valence-corrected chi connectivity index (χ3v) is 4.69. The molecule has 1 atom stereocenters. The third-order valence-electron chi connectivity index (χ3n) is 4.69. The molecule has 2 aromatic carbocycles. The minimum Gasteiger partial charge on any atom is -0.336 e. The molecule has 0 spiro atoms.